The molecule has 0 unspecified atom stereocenters. The molecule has 0 saturated heterocycles. The molecule has 4 nitrogen and oxygen atoms in total. The number of nitrogens with zero attached hydrogens (tertiary/aromatic N) is 2. The Morgan fingerprint density at radius 3 is 2.72 bits per heavy atom. The molecule has 2 N–H and O–H groups in total. The lowest BCUT2D eigenvalue weighted by Crippen LogP contribution is -2.19. The Hall–Kier alpha value is -2.08. The summed E-state index contributed by atoms with van der Waals surface area (Å²) in [6.07, 6.45) is 1.86. The van der Waals surface area contributed by atoms with E-state index in [0.717, 1.165) is 16.8 Å². The van der Waals surface area contributed by atoms with Gasteiger partial charge in [-0.05, 0) is 54.5 Å². The van der Waals surface area contributed by atoms with Gasteiger partial charge in [0, 0.05) is 28.0 Å². The van der Waals surface area contributed by atoms with Crippen LogP contribution in [0.15, 0.2) is 54.7 Å². The molecule has 0 spiro atoms. The van der Waals surface area contributed by atoms with E-state index in [9.17, 15) is 0 Å². The minimum absolute atomic E-state index is 0.486. The second-order valence-corrected chi connectivity index (χ2v) is 6.83. The Morgan fingerprint density at radius 1 is 1.12 bits per heavy atom. The molecule has 0 aliphatic rings. The fourth-order valence-electron chi connectivity index (χ4n) is 2.34. The van der Waals surface area contributed by atoms with Gasteiger partial charge in [-0.3, -0.25) is 4.68 Å². The van der Waals surface area contributed by atoms with Crippen molar-refractivity contribution >= 4 is 52.0 Å². The summed E-state index contributed by atoms with van der Waals surface area (Å²) in [5.41, 5.74) is 3.04. The molecule has 0 bridgehead atoms. The van der Waals surface area contributed by atoms with Crippen molar-refractivity contribution in [1.29, 1.82) is 0 Å². The first-order valence-electron chi connectivity index (χ1n) is 7.62. The monoisotopic (exact) mass is 390 g/mol. The van der Waals surface area contributed by atoms with Crippen LogP contribution in [0, 0.1) is 6.92 Å². The quantitative estimate of drug-likeness (QED) is 0.588. The highest BCUT2D eigenvalue weighted by molar-refractivity contribution is 7.80. The summed E-state index contributed by atoms with van der Waals surface area (Å²) in [5.74, 6) is 0.662. The SMILES string of the molecule is Cc1cccc(NC(=S)Nc2ccn(Cc3ccc(Cl)cc3Cl)n2)c1. The zero-order valence-corrected chi connectivity index (χ0v) is 15.8. The van der Waals surface area contributed by atoms with E-state index in [1.807, 2.05) is 55.6 Å². The number of anilines is 2. The second kappa shape index (κ2) is 7.87. The van der Waals surface area contributed by atoms with Crippen LogP contribution in [0.2, 0.25) is 10.0 Å². The van der Waals surface area contributed by atoms with Crippen molar-refractivity contribution in [3.05, 3.63) is 75.9 Å². The Kier molecular flexibility index (Phi) is 5.58. The lowest BCUT2D eigenvalue weighted by atomic mass is 10.2. The standard InChI is InChI=1S/C18H16Cl2N4S/c1-12-3-2-4-15(9-12)21-18(25)22-17-7-8-24(23-17)11-13-5-6-14(19)10-16(13)20/h2-10H,11H2,1H3,(H2,21,22,23,25). The zero-order chi connectivity index (χ0) is 17.8. The third-order valence-corrected chi connectivity index (χ3v) is 4.30. The van der Waals surface area contributed by atoms with E-state index in [1.54, 1.807) is 10.7 Å². The maximum atomic E-state index is 6.20. The maximum Gasteiger partial charge on any atom is 0.176 e. The Balaban J connectivity index is 1.62. The van der Waals surface area contributed by atoms with Crippen LogP contribution in [-0.2, 0) is 6.54 Å². The second-order valence-electron chi connectivity index (χ2n) is 5.58. The van der Waals surface area contributed by atoms with Crippen molar-refractivity contribution in [2.24, 2.45) is 0 Å². The molecule has 0 saturated carbocycles. The molecule has 0 radical (unpaired) electrons. The van der Waals surface area contributed by atoms with Crippen LogP contribution in [-0.4, -0.2) is 14.9 Å². The molecule has 128 valence electrons. The largest absolute Gasteiger partial charge is 0.332 e. The van der Waals surface area contributed by atoms with Crippen LogP contribution in [0.5, 0.6) is 0 Å². The number of hydrogen-bond acceptors (Lipinski definition) is 2. The topological polar surface area (TPSA) is 41.9 Å². The minimum Gasteiger partial charge on any atom is -0.332 e. The van der Waals surface area contributed by atoms with Crippen LogP contribution >= 0.6 is 35.4 Å². The number of aryl methyl sites for hydroxylation is 1. The summed E-state index contributed by atoms with van der Waals surface area (Å²) in [7, 11) is 0. The van der Waals surface area contributed by atoms with Crippen LogP contribution in [0.4, 0.5) is 11.5 Å². The first kappa shape index (κ1) is 17.7. The van der Waals surface area contributed by atoms with Gasteiger partial charge in [-0.25, -0.2) is 0 Å². The van der Waals surface area contributed by atoms with E-state index in [1.165, 1.54) is 0 Å². The number of halogens is 2. The first-order chi connectivity index (χ1) is 12.0. The summed E-state index contributed by atoms with van der Waals surface area (Å²) in [6.45, 7) is 2.58. The number of rotatable bonds is 4. The highest BCUT2D eigenvalue weighted by Crippen LogP contribution is 2.22. The predicted molar refractivity (Wildman–Crippen MR) is 109 cm³/mol. The Labute approximate surface area is 161 Å². The summed E-state index contributed by atoms with van der Waals surface area (Å²) in [4.78, 5) is 0. The summed E-state index contributed by atoms with van der Waals surface area (Å²) < 4.78 is 1.78. The molecule has 0 atom stereocenters. The van der Waals surface area contributed by atoms with Crippen molar-refractivity contribution in [2.75, 3.05) is 10.6 Å². The van der Waals surface area contributed by atoms with Gasteiger partial charge < -0.3 is 10.6 Å². The minimum atomic E-state index is 0.486. The molecule has 3 rings (SSSR count). The first-order valence-corrected chi connectivity index (χ1v) is 8.78. The summed E-state index contributed by atoms with van der Waals surface area (Å²) in [6, 6.07) is 15.3. The van der Waals surface area contributed by atoms with Crippen molar-refractivity contribution in [2.45, 2.75) is 13.5 Å². The van der Waals surface area contributed by atoms with Crippen LogP contribution in [0.25, 0.3) is 0 Å². The van der Waals surface area contributed by atoms with Crippen molar-refractivity contribution < 1.29 is 0 Å². The van der Waals surface area contributed by atoms with E-state index in [-0.39, 0.29) is 0 Å². The number of aromatic nitrogens is 2. The van der Waals surface area contributed by atoms with Gasteiger partial charge >= 0.3 is 0 Å². The molecular formula is C18H16Cl2N4S. The predicted octanol–water partition coefficient (Wildman–Crippen LogP) is 5.36. The fourth-order valence-corrected chi connectivity index (χ4v) is 3.03. The van der Waals surface area contributed by atoms with E-state index in [0.29, 0.717) is 27.5 Å². The van der Waals surface area contributed by atoms with Gasteiger partial charge in [0.15, 0.2) is 10.9 Å². The number of thiocarbonyl (C=S) groups is 1. The van der Waals surface area contributed by atoms with Gasteiger partial charge in [-0.2, -0.15) is 5.10 Å². The van der Waals surface area contributed by atoms with Gasteiger partial charge in [-0.15, -0.1) is 0 Å². The fraction of sp³-hybridized carbons (Fsp3) is 0.111. The lowest BCUT2D eigenvalue weighted by Gasteiger charge is -2.09. The van der Waals surface area contributed by atoms with Crippen molar-refractivity contribution in [1.82, 2.24) is 9.78 Å². The molecule has 7 heteroatoms. The van der Waals surface area contributed by atoms with Crippen LogP contribution < -0.4 is 10.6 Å². The molecule has 3 aromatic rings. The molecule has 25 heavy (non-hydrogen) atoms. The van der Waals surface area contributed by atoms with E-state index in [2.05, 4.69) is 15.7 Å². The third kappa shape index (κ3) is 4.95. The number of benzene rings is 2. The smallest absolute Gasteiger partial charge is 0.176 e. The highest BCUT2D eigenvalue weighted by Gasteiger charge is 2.06. The van der Waals surface area contributed by atoms with E-state index in [4.69, 9.17) is 35.4 Å². The van der Waals surface area contributed by atoms with Crippen molar-refractivity contribution in [3.63, 3.8) is 0 Å². The molecule has 0 aliphatic carbocycles. The van der Waals surface area contributed by atoms with Gasteiger partial charge in [0.25, 0.3) is 0 Å². The summed E-state index contributed by atoms with van der Waals surface area (Å²) in [5, 5.41) is 12.4. The van der Waals surface area contributed by atoms with E-state index < -0.39 is 0 Å². The molecular weight excluding hydrogens is 375 g/mol. The normalized spacial score (nSPS) is 10.5. The van der Waals surface area contributed by atoms with Gasteiger partial charge in [0.05, 0.1) is 6.54 Å². The number of hydrogen-bond donors (Lipinski definition) is 2. The van der Waals surface area contributed by atoms with Gasteiger partial charge in [-0.1, -0.05) is 41.4 Å². The molecule has 0 amide bonds. The van der Waals surface area contributed by atoms with Crippen LogP contribution in [0.1, 0.15) is 11.1 Å². The average molecular weight is 391 g/mol. The third-order valence-electron chi connectivity index (χ3n) is 3.51. The Bertz CT molecular complexity index is 908. The molecule has 0 aliphatic heterocycles. The molecule has 0 fully saturated rings. The van der Waals surface area contributed by atoms with E-state index >= 15 is 0 Å². The Morgan fingerprint density at radius 2 is 1.96 bits per heavy atom. The van der Waals surface area contributed by atoms with Gasteiger partial charge in [0.2, 0.25) is 0 Å². The lowest BCUT2D eigenvalue weighted by molar-refractivity contribution is 0.690. The number of nitrogens with one attached hydrogen (secondary N) is 2. The zero-order valence-electron chi connectivity index (χ0n) is 13.5. The summed E-state index contributed by atoms with van der Waals surface area (Å²) >= 11 is 17.4. The molecule has 2 aromatic carbocycles. The maximum absolute atomic E-state index is 6.20. The van der Waals surface area contributed by atoms with Gasteiger partial charge in [0.1, 0.15) is 0 Å². The van der Waals surface area contributed by atoms with Crippen LogP contribution in [0.3, 0.4) is 0 Å². The average Bonchev–Trinajstić information content (AvgIpc) is 2.97. The molecule has 1 aromatic heterocycles. The molecule has 1 heterocycles. The van der Waals surface area contributed by atoms with Crippen molar-refractivity contribution in [3.8, 4) is 0 Å². The highest BCUT2D eigenvalue weighted by atomic mass is 35.5.